The predicted molar refractivity (Wildman–Crippen MR) is 65.2 cm³/mol. The van der Waals surface area contributed by atoms with Crippen LogP contribution in [0.4, 0.5) is 0 Å². The summed E-state index contributed by atoms with van der Waals surface area (Å²) in [5.41, 5.74) is 1.94. The zero-order chi connectivity index (χ0) is 13.0. The summed E-state index contributed by atoms with van der Waals surface area (Å²) in [6.45, 7) is 3.01. The van der Waals surface area contributed by atoms with Crippen LogP contribution in [0.25, 0.3) is 0 Å². The van der Waals surface area contributed by atoms with Gasteiger partial charge in [-0.3, -0.25) is 4.98 Å². The van der Waals surface area contributed by atoms with E-state index in [4.69, 9.17) is 9.52 Å². The number of hydrogen-bond acceptors (Lipinski definition) is 4. The molecule has 0 radical (unpaired) electrons. The van der Waals surface area contributed by atoms with E-state index in [1.165, 1.54) is 0 Å². The average Bonchev–Trinajstić information content (AvgIpc) is 2.73. The maximum Gasteiger partial charge on any atom is 0.371 e. The van der Waals surface area contributed by atoms with Gasteiger partial charge in [0.25, 0.3) is 0 Å². The Morgan fingerprint density at radius 3 is 2.94 bits per heavy atom. The number of furan rings is 1. The molecule has 0 atom stereocenters. The Morgan fingerprint density at radius 1 is 1.50 bits per heavy atom. The monoisotopic (exact) mass is 246 g/mol. The number of carboxylic acids is 1. The van der Waals surface area contributed by atoms with E-state index in [-0.39, 0.29) is 5.76 Å². The summed E-state index contributed by atoms with van der Waals surface area (Å²) in [6.07, 6.45) is 3.51. The van der Waals surface area contributed by atoms with Gasteiger partial charge in [0.2, 0.25) is 5.76 Å². The van der Waals surface area contributed by atoms with E-state index in [1.54, 1.807) is 25.4 Å². The Morgan fingerprint density at radius 2 is 2.33 bits per heavy atom. The van der Waals surface area contributed by atoms with Gasteiger partial charge >= 0.3 is 5.97 Å². The first kappa shape index (κ1) is 12.3. The maximum atomic E-state index is 10.7. The Kier molecular flexibility index (Phi) is 3.74. The third kappa shape index (κ3) is 2.95. The Labute approximate surface area is 104 Å². The van der Waals surface area contributed by atoms with Gasteiger partial charge in [0.1, 0.15) is 5.76 Å². The van der Waals surface area contributed by atoms with Gasteiger partial charge in [0.15, 0.2) is 0 Å². The van der Waals surface area contributed by atoms with Crippen LogP contribution in [0.1, 0.15) is 27.4 Å². The van der Waals surface area contributed by atoms with Crippen molar-refractivity contribution in [2.24, 2.45) is 0 Å². The van der Waals surface area contributed by atoms with Gasteiger partial charge < -0.3 is 14.8 Å². The molecule has 0 saturated heterocycles. The highest BCUT2D eigenvalue weighted by Gasteiger charge is 2.12. The molecular weight excluding hydrogens is 232 g/mol. The fraction of sp³-hybridized carbons (Fsp3) is 0.231. The summed E-state index contributed by atoms with van der Waals surface area (Å²) in [7, 11) is 0. The Hall–Kier alpha value is -2.14. The zero-order valence-electron chi connectivity index (χ0n) is 10.0. The number of hydrogen-bond donors (Lipinski definition) is 2. The molecule has 94 valence electrons. The quantitative estimate of drug-likeness (QED) is 0.843. The molecule has 2 aromatic rings. The molecule has 18 heavy (non-hydrogen) atoms. The van der Waals surface area contributed by atoms with Crippen LogP contribution in [-0.4, -0.2) is 16.1 Å². The molecule has 5 nitrogen and oxygen atoms in total. The van der Waals surface area contributed by atoms with Crippen molar-refractivity contribution in [1.29, 1.82) is 0 Å². The highest BCUT2D eigenvalue weighted by atomic mass is 16.4. The molecule has 0 fully saturated rings. The van der Waals surface area contributed by atoms with E-state index in [2.05, 4.69) is 10.3 Å². The van der Waals surface area contributed by atoms with Crippen LogP contribution in [0.15, 0.2) is 35.0 Å². The van der Waals surface area contributed by atoms with E-state index in [0.29, 0.717) is 18.8 Å². The molecular formula is C13H14N2O3. The minimum Gasteiger partial charge on any atom is -0.475 e. The Bertz CT molecular complexity index is 534. The summed E-state index contributed by atoms with van der Waals surface area (Å²) in [6, 6.07) is 5.40. The highest BCUT2D eigenvalue weighted by molar-refractivity contribution is 5.84. The number of aromatic nitrogens is 1. The van der Waals surface area contributed by atoms with Crippen molar-refractivity contribution in [2.75, 3.05) is 0 Å². The van der Waals surface area contributed by atoms with E-state index >= 15 is 0 Å². The van der Waals surface area contributed by atoms with Crippen LogP contribution in [0.5, 0.6) is 0 Å². The van der Waals surface area contributed by atoms with Crippen molar-refractivity contribution in [3.63, 3.8) is 0 Å². The van der Waals surface area contributed by atoms with Crippen LogP contribution in [-0.2, 0) is 13.1 Å². The minimum atomic E-state index is -1.04. The Balaban J connectivity index is 1.92. The lowest BCUT2D eigenvalue weighted by atomic mass is 10.2. The summed E-state index contributed by atoms with van der Waals surface area (Å²) < 4.78 is 5.13. The number of pyridine rings is 1. The lowest BCUT2D eigenvalue weighted by Gasteiger charge is -2.03. The number of aryl methyl sites for hydroxylation is 1. The fourth-order valence-corrected chi connectivity index (χ4v) is 1.64. The smallest absolute Gasteiger partial charge is 0.371 e. The van der Waals surface area contributed by atoms with E-state index in [1.807, 2.05) is 12.1 Å². The van der Waals surface area contributed by atoms with Crippen molar-refractivity contribution in [2.45, 2.75) is 20.0 Å². The van der Waals surface area contributed by atoms with Crippen LogP contribution in [0, 0.1) is 6.92 Å². The number of nitrogens with zero attached hydrogens (tertiary/aromatic N) is 1. The molecule has 2 aromatic heterocycles. The summed E-state index contributed by atoms with van der Waals surface area (Å²) in [5, 5.41) is 12.0. The average molecular weight is 246 g/mol. The SMILES string of the molecule is Cc1oc(C(=O)O)cc1CNCc1cccnc1. The van der Waals surface area contributed by atoms with Gasteiger partial charge in [-0.2, -0.15) is 0 Å². The normalized spacial score (nSPS) is 10.5. The van der Waals surface area contributed by atoms with E-state index in [0.717, 1.165) is 11.1 Å². The fourth-order valence-electron chi connectivity index (χ4n) is 1.64. The number of nitrogens with one attached hydrogen (secondary N) is 1. The van der Waals surface area contributed by atoms with Gasteiger partial charge in [-0.15, -0.1) is 0 Å². The first-order valence-corrected chi connectivity index (χ1v) is 5.59. The summed E-state index contributed by atoms with van der Waals surface area (Å²) in [5.74, 6) is -0.437. The molecule has 0 aliphatic rings. The van der Waals surface area contributed by atoms with Crippen molar-refractivity contribution in [3.05, 3.63) is 53.2 Å². The topological polar surface area (TPSA) is 75.4 Å². The van der Waals surface area contributed by atoms with Crippen molar-refractivity contribution >= 4 is 5.97 Å². The van der Waals surface area contributed by atoms with Crippen LogP contribution in [0.2, 0.25) is 0 Å². The molecule has 2 N–H and O–H groups in total. The number of carbonyl (C=O) groups is 1. The van der Waals surface area contributed by atoms with E-state index in [9.17, 15) is 4.79 Å². The molecule has 0 bridgehead atoms. The van der Waals surface area contributed by atoms with Crippen molar-refractivity contribution < 1.29 is 14.3 Å². The third-order valence-corrected chi connectivity index (χ3v) is 2.60. The third-order valence-electron chi connectivity index (χ3n) is 2.60. The maximum absolute atomic E-state index is 10.7. The van der Waals surface area contributed by atoms with E-state index < -0.39 is 5.97 Å². The second-order valence-electron chi connectivity index (χ2n) is 3.96. The molecule has 2 heterocycles. The predicted octanol–water partition coefficient (Wildman–Crippen LogP) is 1.97. The molecule has 2 rings (SSSR count). The van der Waals surface area contributed by atoms with Crippen LogP contribution in [0.3, 0.4) is 0 Å². The lowest BCUT2D eigenvalue weighted by Crippen LogP contribution is -2.12. The first-order valence-electron chi connectivity index (χ1n) is 5.59. The van der Waals surface area contributed by atoms with Crippen LogP contribution < -0.4 is 5.32 Å². The minimum absolute atomic E-state index is 0.0225. The number of rotatable bonds is 5. The molecule has 0 saturated carbocycles. The molecule has 5 heteroatoms. The summed E-state index contributed by atoms with van der Waals surface area (Å²) >= 11 is 0. The van der Waals surface area contributed by atoms with Gasteiger partial charge in [-0.1, -0.05) is 6.07 Å². The molecule has 0 spiro atoms. The standard InChI is InChI=1S/C13H14N2O3/c1-9-11(5-12(18-9)13(16)17)8-15-7-10-3-2-4-14-6-10/h2-6,15H,7-8H2,1H3,(H,16,17). The molecule has 0 unspecified atom stereocenters. The second-order valence-corrected chi connectivity index (χ2v) is 3.96. The first-order chi connectivity index (χ1) is 8.66. The number of aromatic carboxylic acids is 1. The largest absolute Gasteiger partial charge is 0.475 e. The highest BCUT2D eigenvalue weighted by Crippen LogP contribution is 2.14. The number of carboxylic acid groups (broad SMARTS) is 1. The van der Waals surface area contributed by atoms with Crippen LogP contribution >= 0.6 is 0 Å². The molecule has 0 aromatic carbocycles. The molecule has 0 aliphatic heterocycles. The van der Waals surface area contributed by atoms with Gasteiger partial charge in [0, 0.05) is 31.0 Å². The lowest BCUT2D eigenvalue weighted by molar-refractivity contribution is 0.0661. The van der Waals surface area contributed by atoms with Crippen molar-refractivity contribution in [1.82, 2.24) is 10.3 Å². The molecule has 0 aliphatic carbocycles. The summed E-state index contributed by atoms with van der Waals surface area (Å²) in [4.78, 5) is 14.8. The van der Waals surface area contributed by atoms with Crippen molar-refractivity contribution in [3.8, 4) is 0 Å². The van der Waals surface area contributed by atoms with Gasteiger partial charge in [0.05, 0.1) is 0 Å². The van der Waals surface area contributed by atoms with Gasteiger partial charge in [-0.25, -0.2) is 4.79 Å². The van der Waals surface area contributed by atoms with Gasteiger partial charge in [-0.05, 0) is 24.6 Å². The zero-order valence-corrected chi connectivity index (χ0v) is 10.0. The molecule has 0 amide bonds. The second kappa shape index (κ2) is 5.46.